The molecule has 0 aliphatic carbocycles. The predicted octanol–water partition coefficient (Wildman–Crippen LogP) is 3.23. The van der Waals surface area contributed by atoms with Crippen LogP contribution in [0.5, 0.6) is 0 Å². The first-order chi connectivity index (χ1) is 9.88. The Morgan fingerprint density at radius 2 is 2.25 bits per heavy atom. The number of benzene rings is 1. The molecule has 2 aromatic rings. The standard InChI is InChI=1S/C16H19N3S/c1-2-7-19-16(13-11-17-8-9-18-13)15-10-12-5-3-4-6-14(12)20-15/h3-6,8-9,11,15-16,19H,2,7,10H2,1H3. The van der Waals surface area contributed by atoms with E-state index in [0.717, 1.165) is 25.1 Å². The Labute approximate surface area is 124 Å². The highest BCUT2D eigenvalue weighted by molar-refractivity contribution is 8.00. The summed E-state index contributed by atoms with van der Waals surface area (Å²) < 4.78 is 0. The highest BCUT2D eigenvalue weighted by Crippen LogP contribution is 2.42. The normalized spacial score (nSPS) is 18.8. The lowest BCUT2D eigenvalue weighted by atomic mass is 10.0. The lowest BCUT2D eigenvalue weighted by Gasteiger charge is -2.23. The van der Waals surface area contributed by atoms with Crippen LogP contribution in [-0.4, -0.2) is 21.8 Å². The molecule has 20 heavy (non-hydrogen) atoms. The molecule has 0 spiro atoms. The smallest absolute Gasteiger partial charge is 0.0767 e. The fourth-order valence-corrected chi connectivity index (χ4v) is 4.01. The van der Waals surface area contributed by atoms with Crippen LogP contribution >= 0.6 is 11.8 Å². The van der Waals surface area contributed by atoms with Crippen LogP contribution in [0.2, 0.25) is 0 Å². The Morgan fingerprint density at radius 3 is 3.00 bits per heavy atom. The Morgan fingerprint density at radius 1 is 1.35 bits per heavy atom. The molecule has 0 bridgehead atoms. The van der Waals surface area contributed by atoms with Crippen LogP contribution in [0.4, 0.5) is 0 Å². The van der Waals surface area contributed by atoms with Crippen molar-refractivity contribution in [2.45, 2.75) is 36.0 Å². The molecule has 0 fully saturated rings. The second-order valence-electron chi connectivity index (χ2n) is 5.03. The van der Waals surface area contributed by atoms with Gasteiger partial charge in [-0.2, -0.15) is 0 Å². The molecule has 0 radical (unpaired) electrons. The van der Waals surface area contributed by atoms with Gasteiger partial charge in [0.1, 0.15) is 0 Å². The number of fused-ring (bicyclic) bond motifs is 1. The van der Waals surface area contributed by atoms with E-state index in [4.69, 9.17) is 0 Å². The summed E-state index contributed by atoms with van der Waals surface area (Å²) >= 11 is 1.96. The molecule has 2 unspecified atom stereocenters. The van der Waals surface area contributed by atoms with Crippen molar-refractivity contribution in [2.24, 2.45) is 0 Å². The third-order valence-electron chi connectivity index (χ3n) is 3.56. The van der Waals surface area contributed by atoms with Crippen LogP contribution in [0.1, 0.15) is 30.6 Å². The maximum Gasteiger partial charge on any atom is 0.0767 e. The minimum Gasteiger partial charge on any atom is -0.308 e. The Bertz CT molecular complexity index is 534. The quantitative estimate of drug-likeness (QED) is 0.915. The molecular formula is C16H19N3S. The summed E-state index contributed by atoms with van der Waals surface area (Å²) in [7, 11) is 0. The van der Waals surface area contributed by atoms with E-state index in [2.05, 4.69) is 46.5 Å². The Hall–Kier alpha value is -1.39. The summed E-state index contributed by atoms with van der Waals surface area (Å²) in [5.41, 5.74) is 2.50. The van der Waals surface area contributed by atoms with E-state index in [1.807, 2.05) is 18.0 Å². The van der Waals surface area contributed by atoms with Crippen LogP contribution in [-0.2, 0) is 6.42 Å². The van der Waals surface area contributed by atoms with Crippen LogP contribution in [0.25, 0.3) is 0 Å². The molecule has 1 aromatic heterocycles. The number of aromatic nitrogens is 2. The molecule has 3 nitrogen and oxygen atoms in total. The van der Waals surface area contributed by atoms with Crippen LogP contribution in [0, 0.1) is 0 Å². The van der Waals surface area contributed by atoms with Crippen LogP contribution < -0.4 is 5.32 Å². The van der Waals surface area contributed by atoms with E-state index >= 15 is 0 Å². The van der Waals surface area contributed by atoms with Gasteiger partial charge >= 0.3 is 0 Å². The van der Waals surface area contributed by atoms with Crippen LogP contribution in [0.3, 0.4) is 0 Å². The zero-order valence-corrected chi connectivity index (χ0v) is 12.4. The SMILES string of the molecule is CCCNC(c1cnccn1)C1Cc2ccccc2S1. The summed E-state index contributed by atoms with van der Waals surface area (Å²) in [4.78, 5) is 10.1. The number of rotatable bonds is 5. The van der Waals surface area contributed by atoms with E-state index in [0.29, 0.717) is 5.25 Å². The Kier molecular flexibility index (Phi) is 4.33. The lowest BCUT2D eigenvalue weighted by molar-refractivity contribution is 0.501. The molecule has 3 rings (SSSR count). The van der Waals surface area contributed by atoms with Gasteiger partial charge in [0.05, 0.1) is 17.9 Å². The molecule has 1 aliphatic rings. The first kappa shape index (κ1) is 13.6. The number of hydrogen-bond acceptors (Lipinski definition) is 4. The van der Waals surface area contributed by atoms with E-state index in [-0.39, 0.29) is 6.04 Å². The highest BCUT2D eigenvalue weighted by atomic mass is 32.2. The van der Waals surface area contributed by atoms with Crippen molar-refractivity contribution in [1.29, 1.82) is 0 Å². The molecule has 4 heteroatoms. The van der Waals surface area contributed by atoms with E-state index in [1.54, 1.807) is 12.4 Å². The molecule has 2 atom stereocenters. The second kappa shape index (κ2) is 6.37. The van der Waals surface area contributed by atoms with Crippen LogP contribution in [0.15, 0.2) is 47.8 Å². The summed E-state index contributed by atoms with van der Waals surface area (Å²) in [5.74, 6) is 0. The van der Waals surface area contributed by atoms with Crippen molar-refractivity contribution in [1.82, 2.24) is 15.3 Å². The number of nitrogens with one attached hydrogen (secondary N) is 1. The first-order valence-corrected chi connectivity index (χ1v) is 8.00. The average Bonchev–Trinajstić information content (AvgIpc) is 2.92. The molecule has 1 aromatic carbocycles. The third-order valence-corrected chi connectivity index (χ3v) is 4.95. The minimum atomic E-state index is 0.265. The zero-order chi connectivity index (χ0) is 13.8. The van der Waals surface area contributed by atoms with Crippen molar-refractivity contribution >= 4 is 11.8 Å². The van der Waals surface area contributed by atoms with Crippen molar-refractivity contribution in [3.8, 4) is 0 Å². The molecular weight excluding hydrogens is 266 g/mol. The van der Waals surface area contributed by atoms with Gasteiger partial charge in [-0.05, 0) is 31.0 Å². The lowest BCUT2D eigenvalue weighted by Crippen LogP contribution is -2.31. The number of hydrogen-bond donors (Lipinski definition) is 1. The summed E-state index contributed by atoms with van der Waals surface area (Å²) in [6.45, 7) is 3.20. The van der Waals surface area contributed by atoms with Crippen molar-refractivity contribution in [3.05, 3.63) is 54.1 Å². The fraction of sp³-hybridized carbons (Fsp3) is 0.375. The maximum absolute atomic E-state index is 4.50. The van der Waals surface area contributed by atoms with Gasteiger partial charge in [0, 0.05) is 22.5 Å². The predicted molar refractivity (Wildman–Crippen MR) is 82.9 cm³/mol. The third kappa shape index (κ3) is 2.86. The van der Waals surface area contributed by atoms with Gasteiger partial charge in [0.25, 0.3) is 0 Å². The molecule has 0 saturated carbocycles. The molecule has 0 amide bonds. The number of thioether (sulfide) groups is 1. The zero-order valence-electron chi connectivity index (χ0n) is 11.6. The summed E-state index contributed by atoms with van der Waals surface area (Å²) in [6.07, 6.45) is 7.62. The van der Waals surface area contributed by atoms with Crippen molar-refractivity contribution < 1.29 is 0 Å². The van der Waals surface area contributed by atoms with Crippen molar-refractivity contribution in [2.75, 3.05) is 6.54 Å². The maximum atomic E-state index is 4.50. The van der Waals surface area contributed by atoms with E-state index < -0.39 is 0 Å². The molecule has 1 aliphatic heterocycles. The highest BCUT2D eigenvalue weighted by Gasteiger charge is 2.30. The van der Waals surface area contributed by atoms with Gasteiger partial charge in [0.2, 0.25) is 0 Å². The topological polar surface area (TPSA) is 37.8 Å². The van der Waals surface area contributed by atoms with Gasteiger partial charge in [-0.15, -0.1) is 11.8 Å². The van der Waals surface area contributed by atoms with E-state index in [9.17, 15) is 0 Å². The van der Waals surface area contributed by atoms with Gasteiger partial charge in [0.15, 0.2) is 0 Å². The van der Waals surface area contributed by atoms with Gasteiger partial charge < -0.3 is 5.32 Å². The summed E-state index contributed by atoms with van der Waals surface area (Å²) in [5, 5.41) is 4.14. The average molecular weight is 285 g/mol. The Balaban J connectivity index is 1.81. The van der Waals surface area contributed by atoms with E-state index in [1.165, 1.54) is 10.5 Å². The molecule has 0 saturated heterocycles. The van der Waals surface area contributed by atoms with Gasteiger partial charge in [-0.3, -0.25) is 9.97 Å². The second-order valence-corrected chi connectivity index (χ2v) is 6.31. The molecule has 1 N–H and O–H groups in total. The van der Waals surface area contributed by atoms with Gasteiger partial charge in [-0.1, -0.05) is 25.1 Å². The van der Waals surface area contributed by atoms with Crippen molar-refractivity contribution in [3.63, 3.8) is 0 Å². The largest absolute Gasteiger partial charge is 0.308 e. The monoisotopic (exact) mass is 285 g/mol. The number of nitrogens with zero attached hydrogens (tertiary/aromatic N) is 2. The van der Waals surface area contributed by atoms with Gasteiger partial charge in [-0.25, -0.2) is 0 Å². The minimum absolute atomic E-state index is 0.265. The first-order valence-electron chi connectivity index (χ1n) is 7.12. The molecule has 2 heterocycles. The molecule has 104 valence electrons. The summed E-state index contributed by atoms with van der Waals surface area (Å²) in [6, 6.07) is 8.95. The fourth-order valence-electron chi connectivity index (χ4n) is 2.59.